The second kappa shape index (κ2) is 7.26. The van der Waals surface area contributed by atoms with Crippen molar-refractivity contribution in [3.8, 4) is 0 Å². The Morgan fingerprint density at radius 1 is 1.50 bits per heavy atom. The van der Waals surface area contributed by atoms with E-state index in [0.29, 0.717) is 0 Å². The van der Waals surface area contributed by atoms with Gasteiger partial charge in [-0.1, -0.05) is 42.5 Å². The molecule has 0 fully saturated rings. The van der Waals surface area contributed by atoms with Crippen LogP contribution in [0, 0.1) is 5.92 Å². The molecular weight excluding hydrogens is 272 g/mol. The molecule has 0 spiro atoms. The van der Waals surface area contributed by atoms with Crippen LogP contribution in [0.2, 0.25) is 0 Å². The molecule has 0 aliphatic heterocycles. The molecule has 2 aliphatic carbocycles. The van der Waals surface area contributed by atoms with E-state index in [0.717, 1.165) is 41.7 Å². The van der Waals surface area contributed by atoms with Gasteiger partial charge in [0.25, 0.3) is 0 Å². The molecule has 116 valence electrons. The van der Waals surface area contributed by atoms with Crippen molar-refractivity contribution in [2.75, 3.05) is 7.11 Å². The maximum Gasteiger partial charge on any atom is 0.166 e. The molecule has 0 N–H and O–H groups in total. The molecule has 0 bridgehead atoms. The maximum atomic E-state index is 12.7. The predicted octanol–water partition coefficient (Wildman–Crippen LogP) is 4.83. The summed E-state index contributed by atoms with van der Waals surface area (Å²) in [6.07, 6.45) is 14.3. The third-order valence-electron chi connectivity index (χ3n) is 4.24. The number of hydrogen-bond acceptors (Lipinski definition) is 2. The van der Waals surface area contributed by atoms with Gasteiger partial charge in [0.15, 0.2) is 5.78 Å². The topological polar surface area (TPSA) is 26.3 Å². The van der Waals surface area contributed by atoms with E-state index >= 15 is 0 Å². The van der Waals surface area contributed by atoms with Crippen molar-refractivity contribution in [2.45, 2.75) is 33.1 Å². The van der Waals surface area contributed by atoms with Gasteiger partial charge in [-0.3, -0.25) is 4.79 Å². The summed E-state index contributed by atoms with van der Waals surface area (Å²) in [4.78, 5) is 12.7. The Bertz CT molecular complexity index is 624. The van der Waals surface area contributed by atoms with E-state index in [1.54, 1.807) is 13.2 Å². The summed E-state index contributed by atoms with van der Waals surface area (Å²) in [6, 6.07) is 0. The minimum Gasteiger partial charge on any atom is -0.496 e. The number of ketones is 1. The number of methoxy groups -OCH3 is 1. The molecule has 0 saturated heterocycles. The molecule has 2 nitrogen and oxygen atoms in total. The van der Waals surface area contributed by atoms with E-state index in [1.807, 2.05) is 32.1 Å². The lowest BCUT2D eigenvalue weighted by Gasteiger charge is -2.11. The van der Waals surface area contributed by atoms with E-state index in [4.69, 9.17) is 4.74 Å². The Kier molecular flexibility index (Phi) is 5.37. The maximum absolute atomic E-state index is 12.7. The lowest BCUT2D eigenvalue weighted by atomic mass is 9.93. The van der Waals surface area contributed by atoms with Crippen LogP contribution in [0.15, 0.2) is 71.1 Å². The first-order valence-electron chi connectivity index (χ1n) is 7.74. The van der Waals surface area contributed by atoms with Crippen molar-refractivity contribution >= 4 is 5.78 Å². The number of ether oxygens (including phenoxy) is 1. The summed E-state index contributed by atoms with van der Waals surface area (Å²) in [6.45, 7) is 7.76. The Labute approximate surface area is 133 Å². The van der Waals surface area contributed by atoms with Crippen molar-refractivity contribution in [2.24, 2.45) is 5.92 Å². The SMILES string of the molecule is C=C/C=C(\C=C/C)CC1CC2=C(C=C(OC)C(C)=CC2)C1=O. The second-order valence-electron chi connectivity index (χ2n) is 5.77. The largest absolute Gasteiger partial charge is 0.496 e. The van der Waals surface area contributed by atoms with Crippen LogP contribution in [-0.4, -0.2) is 12.9 Å². The van der Waals surface area contributed by atoms with Gasteiger partial charge in [-0.05, 0) is 50.3 Å². The molecule has 1 atom stereocenters. The van der Waals surface area contributed by atoms with E-state index < -0.39 is 0 Å². The van der Waals surface area contributed by atoms with Crippen molar-refractivity contribution < 1.29 is 9.53 Å². The van der Waals surface area contributed by atoms with Gasteiger partial charge in [0.1, 0.15) is 5.76 Å². The third-order valence-corrected chi connectivity index (χ3v) is 4.24. The fourth-order valence-corrected chi connectivity index (χ4v) is 3.11. The first-order valence-corrected chi connectivity index (χ1v) is 7.74. The van der Waals surface area contributed by atoms with E-state index in [9.17, 15) is 4.79 Å². The molecule has 0 aromatic rings. The van der Waals surface area contributed by atoms with E-state index in [-0.39, 0.29) is 11.7 Å². The van der Waals surface area contributed by atoms with Crippen LogP contribution in [0.1, 0.15) is 33.1 Å². The van der Waals surface area contributed by atoms with Crippen LogP contribution in [0.4, 0.5) is 0 Å². The van der Waals surface area contributed by atoms with Gasteiger partial charge in [-0.25, -0.2) is 0 Å². The number of hydrogen-bond donors (Lipinski definition) is 0. The first-order chi connectivity index (χ1) is 10.6. The van der Waals surface area contributed by atoms with Crippen LogP contribution >= 0.6 is 0 Å². The quantitative estimate of drug-likeness (QED) is 0.679. The van der Waals surface area contributed by atoms with Crippen molar-refractivity contribution in [3.63, 3.8) is 0 Å². The van der Waals surface area contributed by atoms with Crippen LogP contribution in [0.5, 0.6) is 0 Å². The Morgan fingerprint density at radius 3 is 2.91 bits per heavy atom. The average Bonchev–Trinajstić information content (AvgIpc) is 2.68. The Balaban J connectivity index is 2.21. The molecule has 0 radical (unpaired) electrons. The van der Waals surface area contributed by atoms with Gasteiger partial charge in [-0.2, -0.15) is 0 Å². The molecule has 2 aliphatic rings. The lowest BCUT2D eigenvalue weighted by Crippen LogP contribution is -2.10. The molecule has 0 aromatic heterocycles. The minimum absolute atomic E-state index is 0.0357. The standard InChI is InChI=1S/C20H24O2/c1-5-7-15(8-6-2)11-17-12-16-10-9-14(3)19(22-4)13-18(16)20(17)21/h5-9,13,17H,1,10-12H2,2-4H3/b8-6-,15-7+. The molecule has 0 saturated carbocycles. The number of Topliss-reactive ketones (excluding diaryl/α,β-unsaturated/α-hetero) is 1. The summed E-state index contributed by atoms with van der Waals surface area (Å²) < 4.78 is 5.40. The third kappa shape index (κ3) is 3.38. The summed E-state index contributed by atoms with van der Waals surface area (Å²) in [5.74, 6) is 1.08. The summed E-state index contributed by atoms with van der Waals surface area (Å²) >= 11 is 0. The van der Waals surface area contributed by atoms with E-state index in [1.165, 1.54) is 5.57 Å². The normalized spacial score (nSPS) is 22.4. The van der Waals surface area contributed by atoms with Crippen LogP contribution in [0.3, 0.4) is 0 Å². The zero-order valence-electron chi connectivity index (χ0n) is 13.7. The second-order valence-corrected chi connectivity index (χ2v) is 5.77. The summed E-state index contributed by atoms with van der Waals surface area (Å²) in [5.41, 5.74) is 4.34. The molecule has 2 rings (SSSR count). The number of carbonyl (C=O) groups excluding carboxylic acids is 1. The average molecular weight is 296 g/mol. The van der Waals surface area contributed by atoms with Gasteiger partial charge < -0.3 is 4.74 Å². The number of rotatable bonds is 5. The van der Waals surface area contributed by atoms with Crippen molar-refractivity contribution in [3.05, 3.63) is 71.1 Å². The minimum atomic E-state index is 0.0357. The van der Waals surface area contributed by atoms with Gasteiger partial charge in [0, 0.05) is 11.5 Å². The summed E-state index contributed by atoms with van der Waals surface area (Å²) in [7, 11) is 1.66. The predicted molar refractivity (Wildman–Crippen MR) is 91.3 cm³/mol. The highest BCUT2D eigenvalue weighted by molar-refractivity contribution is 6.03. The highest BCUT2D eigenvalue weighted by atomic mass is 16.5. The smallest absolute Gasteiger partial charge is 0.166 e. The first kappa shape index (κ1) is 16.3. The Morgan fingerprint density at radius 2 is 2.27 bits per heavy atom. The Hall–Kier alpha value is -2.09. The molecule has 0 aromatic carbocycles. The van der Waals surface area contributed by atoms with Gasteiger partial charge >= 0.3 is 0 Å². The zero-order chi connectivity index (χ0) is 16.1. The molecular formula is C20H24O2. The number of allylic oxidation sites excluding steroid dienone is 10. The van der Waals surface area contributed by atoms with Crippen molar-refractivity contribution in [1.29, 1.82) is 0 Å². The summed E-state index contributed by atoms with van der Waals surface area (Å²) in [5, 5.41) is 0. The highest BCUT2D eigenvalue weighted by Crippen LogP contribution is 2.38. The fraction of sp³-hybridized carbons (Fsp3) is 0.350. The molecule has 0 amide bonds. The number of carbonyl (C=O) groups is 1. The van der Waals surface area contributed by atoms with Gasteiger partial charge in [-0.15, -0.1) is 0 Å². The van der Waals surface area contributed by atoms with Crippen LogP contribution < -0.4 is 0 Å². The lowest BCUT2D eigenvalue weighted by molar-refractivity contribution is -0.118. The fourth-order valence-electron chi connectivity index (χ4n) is 3.11. The molecule has 1 unspecified atom stereocenters. The van der Waals surface area contributed by atoms with Crippen molar-refractivity contribution in [1.82, 2.24) is 0 Å². The highest BCUT2D eigenvalue weighted by Gasteiger charge is 2.32. The molecule has 2 heteroatoms. The monoisotopic (exact) mass is 296 g/mol. The van der Waals surface area contributed by atoms with Gasteiger partial charge in [0.05, 0.1) is 7.11 Å². The van der Waals surface area contributed by atoms with Crippen LogP contribution in [0.25, 0.3) is 0 Å². The zero-order valence-corrected chi connectivity index (χ0v) is 13.7. The van der Waals surface area contributed by atoms with Gasteiger partial charge in [0.2, 0.25) is 0 Å². The van der Waals surface area contributed by atoms with Crippen LogP contribution in [-0.2, 0) is 9.53 Å². The molecule has 0 heterocycles. The van der Waals surface area contributed by atoms with E-state index in [2.05, 4.69) is 18.7 Å². The molecule has 22 heavy (non-hydrogen) atoms.